The van der Waals surface area contributed by atoms with E-state index in [9.17, 15) is 12.9 Å². The molecular formula is C12H17BF3O3-. The minimum absolute atomic E-state index is 0.309. The fourth-order valence-corrected chi connectivity index (χ4v) is 1.41. The lowest BCUT2D eigenvalue weighted by molar-refractivity contribution is 0.0806. The van der Waals surface area contributed by atoms with Gasteiger partial charge in [-0.05, 0) is 18.6 Å². The van der Waals surface area contributed by atoms with Crippen molar-refractivity contribution in [1.29, 1.82) is 0 Å². The van der Waals surface area contributed by atoms with Gasteiger partial charge < -0.3 is 27.2 Å². The average Bonchev–Trinajstić information content (AvgIpc) is 2.37. The summed E-state index contributed by atoms with van der Waals surface area (Å²) in [6.45, 7) is -3.02. The fourth-order valence-electron chi connectivity index (χ4n) is 1.41. The topological polar surface area (TPSA) is 27.7 Å². The molecule has 0 fully saturated rings. The molecule has 0 aliphatic carbocycles. The molecule has 0 heterocycles. The van der Waals surface area contributed by atoms with Gasteiger partial charge in [0, 0.05) is 20.3 Å². The van der Waals surface area contributed by atoms with Crippen molar-refractivity contribution in [1.82, 2.24) is 0 Å². The monoisotopic (exact) mass is 277 g/mol. The number of benzene rings is 1. The van der Waals surface area contributed by atoms with Crippen LogP contribution in [0.2, 0.25) is 0 Å². The summed E-state index contributed by atoms with van der Waals surface area (Å²) in [5.74, 6) is 0.407. The number of hydrogen-bond acceptors (Lipinski definition) is 3. The highest BCUT2D eigenvalue weighted by Crippen LogP contribution is 2.13. The van der Waals surface area contributed by atoms with Crippen LogP contribution in [-0.4, -0.2) is 40.5 Å². The molecule has 7 heteroatoms. The smallest absolute Gasteiger partial charge is 0.491 e. The van der Waals surface area contributed by atoms with E-state index < -0.39 is 12.4 Å². The Morgan fingerprint density at radius 2 is 1.63 bits per heavy atom. The van der Waals surface area contributed by atoms with Crippen molar-refractivity contribution in [2.24, 2.45) is 0 Å². The molecule has 1 aromatic carbocycles. The average molecular weight is 277 g/mol. The van der Waals surface area contributed by atoms with Gasteiger partial charge in [0.05, 0.1) is 6.61 Å². The van der Waals surface area contributed by atoms with Gasteiger partial charge in [0.2, 0.25) is 0 Å². The van der Waals surface area contributed by atoms with Crippen LogP contribution in [0.15, 0.2) is 24.3 Å². The second-order valence-electron chi connectivity index (χ2n) is 3.95. The number of methoxy groups -OCH3 is 1. The molecule has 1 aromatic rings. The van der Waals surface area contributed by atoms with E-state index in [1.807, 2.05) is 0 Å². The minimum atomic E-state index is -4.94. The first-order chi connectivity index (χ1) is 9.04. The van der Waals surface area contributed by atoms with Crippen LogP contribution in [0.5, 0.6) is 5.75 Å². The third-order valence-electron chi connectivity index (χ3n) is 2.39. The lowest BCUT2D eigenvalue weighted by atomic mass is 9.80. The first kappa shape index (κ1) is 15.9. The van der Waals surface area contributed by atoms with E-state index in [1.165, 1.54) is 12.1 Å². The molecule has 0 aliphatic heterocycles. The zero-order valence-electron chi connectivity index (χ0n) is 10.8. The second-order valence-corrected chi connectivity index (χ2v) is 3.95. The molecule has 1 rings (SSSR count). The van der Waals surface area contributed by atoms with Crippen LogP contribution in [0.25, 0.3) is 0 Å². The third kappa shape index (κ3) is 6.49. The molecule has 0 amide bonds. The van der Waals surface area contributed by atoms with Gasteiger partial charge in [0.25, 0.3) is 0 Å². The van der Waals surface area contributed by atoms with Crippen molar-refractivity contribution in [3.05, 3.63) is 24.3 Å². The molecule has 0 saturated carbocycles. The van der Waals surface area contributed by atoms with Crippen LogP contribution < -0.4 is 10.2 Å². The molecule has 0 aromatic heterocycles. The van der Waals surface area contributed by atoms with Crippen LogP contribution in [0.4, 0.5) is 12.9 Å². The summed E-state index contributed by atoms with van der Waals surface area (Å²) in [4.78, 5) is 0. The molecule has 0 aliphatic rings. The van der Waals surface area contributed by atoms with Gasteiger partial charge in [-0.1, -0.05) is 12.1 Å². The third-order valence-corrected chi connectivity index (χ3v) is 2.39. The Bertz CT molecular complexity index is 354. The van der Waals surface area contributed by atoms with E-state index in [0.717, 1.165) is 18.6 Å². The van der Waals surface area contributed by atoms with Gasteiger partial charge >= 0.3 is 6.98 Å². The Hall–Kier alpha value is -1.21. The van der Waals surface area contributed by atoms with E-state index in [0.29, 0.717) is 32.2 Å². The minimum Gasteiger partial charge on any atom is -0.491 e. The van der Waals surface area contributed by atoms with Crippen molar-refractivity contribution in [2.75, 3.05) is 33.5 Å². The summed E-state index contributed by atoms with van der Waals surface area (Å²) in [6, 6.07) is 4.68. The van der Waals surface area contributed by atoms with Crippen molar-refractivity contribution in [3.8, 4) is 5.75 Å². The molecule has 0 atom stereocenters. The Labute approximate surface area is 110 Å². The van der Waals surface area contributed by atoms with Gasteiger partial charge in [-0.15, -0.1) is 5.46 Å². The quantitative estimate of drug-likeness (QED) is 0.511. The molecule has 0 radical (unpaired) electrons. The predicted molar refractivity (Wildman–Crippen MR) is 68.0 cm³/mol. The van der Waals surface area contributed by atoms with E-state index in [4.69, 9.17) is 14.2 Å². The predicted octanol–water partition coefficient (Wildman–Crippen LogP) is 2.17. The van der Waals surface area contributed by atoms with Crippen molar-refractivity contribution >= 4 is 12.4 Å². The summed E-state index contributed by atoms with van der Waals surface area (Å²) in [7, 11) is 1.62. The van der Waals surface area contributed by atoms with Gasteiger partial charge in [0.1, 0.15) is 12.4 Å². The standard InChI is InChI=1S/C12H17BF3O3/c1-17-7-2-8-18-9-10-19-12-5-3-11(4-6-12)13(14,15)16/h3-6H,2,7-10H2,1H3/q-1. The first-order valence-electron chi connectivity index (χ1n) is 6.03. The molecule has 0 saturated heterocycles. The zero-order chi connectivity index (χ0) is 14.1. The summed E-state index contributed by atoms with van der Waals surface area (Å²) < 4.78 is 52.5. The Balaban J connectivity index is 2.20. The molecule has 19 heavy (non-hydrogen) atoms. The molecule has 0 bridgehead atoms. The normalized spacial score (nSPS) is 11.6. The lowest BCUT2D eigenvalue weighted by Gasteiger charge is -2.15. The van der Waals surface area contributed by atoms with Crippen LogP contribution in [-0.2, 0) is 9.47 Å². The number of hydrogen-bond donors (Lipinski definition) is 0. The zero-order valence-corrected chi connectivity index (χ0v) is 10.8. The molecule has 0 N–H and O–H groups in total. The Morgan fingerprint density at radius 3 is 2.21 bits per heavy atom. The van der Waals surface area contributed by atoms with Crippen molar-refractivity contribution in [3.63, 3.8) is 0 Å². The maximum absolute atomic E-state index is 12.4. The van der Waals surface area contributed by atoms with Crippen LogP contribution in [0.1, 0.15) is 6.42 Å². The van der Waals surface area contributed by atoms with Gasteiger partial charge in [0.15, 0.2) is 0 Å². The van der Waals surface area contributed by atoms with E-state index in [-0.39, 0.29) is 0 Å². The van der Waals surface area contributed by atoms with E-state index >= 15 is 0 Å². The highest BCUT2D eigenvalue weighted by molar-refractivity contribution is 6.73. The van der Waals surface area contributed by atoms with E-state index in [1.54, 1.807) is 7.11 Å². The SMILES string of the molecule is COCCCOCCOc1ccc([B-](F)(F)F)cc1. The Kier molecular flexibility index (Phi) is 6.73. The molecule has 0 unspecified atom stereocenters. The molecule has 108 valence electrons. The first-order valence-corrected chi connectivity index (χ1v) is 6.03. The van der Waals surface area contributed by atoms with Crippen LogP contribution in [0, 0.1) is 0 Å². The van der Waals surface area contributed by atoms with Crippen molar-refractivity contribution in [2.45, 2.75) is 6.42 Å². The molecule has 3 nitrogen and oxygen atoms in total. The summed E-state index contributed by atoms with van der Waals surface area (Å²) in [6.07, 6.45) is 0.804. The van der Waals surface area contributed by atoms with Crippen molar-refractivity contribution < 1.29 is 27.2 Å². The summed E-state index contributed by atoms with van der Waals surface area (Å²) in [5.41, 5.74) is -0.622. The summed E-state index contributed by atoms with van der Waals surface area (Å²) >= 11 is 0. The number of halogens is 3. The van der Waals surface area contributed by atoms with E-state index in [2.05, 4.69) is 0 Å². The van der Waals surface area contributed by atoms with Gasteiger partial charge in [-0.25, -0.2) is 0 Å². The summed E-state index contributed by atoms with van der Waals surface area (Å²) in [5, 5.41) is 0. The number of ether oxygens (including phenoxy) is 3. The maximum atomic E-state index is 12.4. The van der Waals surface area contributed by atoms with Gasteiger partial charge in [-0.3, -0.25) is 0 Å². The largest absolute Gasteiger partial charge is 0.509 e. The van der Waals surface area contributed by atoms with Crippen LogP contribution >= 0.6 is 0 Å². The number of rotatable bonds is 9. The highest BCUT2D eigenvalue weighted by Gasteiger charge is 2.24. The Morgan fingerprint density at radius 1 is 0.947 bits per heavy atom. The van der Waals surface area contributed by atoms with Crippen LogP contribution in [0.3, 0.4) is 0 Å². The van der Waals surface area contributed by atoms with Gasteiger partial charge in [-0.2, -0.15) is 0 Å². The maximum Gasteiger partial charge on any atom is 0.509 e. The molecule has 0 spiro atoms. The second kappa shape index (κ2) is 8.06. The lowest BCUT2D eigenvalue weighted by Crippen LogP contribution is -2.33. The highest BCUT2D eigenvalue weighted by atomic mass is 19.4. The molecular weight excluding hydrogens is 260 g/mol. The fraction of sp³-hybridized carbons (Fsp3) is 0.500.